The third kappa shape index (κ3) is 5.18. The summed E-state index contributed by atoms with van der Waals surface area (Å²) in [4.78, 5) is 29.1. The quantitative estimate of drug-likeness (QED) is 0.633. The monoisotopic (exact) mass is 430 g/mol. The molecule has 1 fully saturated rings. The van der Waals surface area contributed by atoms with E-state index in [4.69, 9.17) is 4.74 Å². The zero-order valence-electron chi connectivity index (χ0n) is 18.0. The van der Waals surface area contributed by atoms with E-state index in [2.05, 4.69) is 21.6 Å². The number of amides is 3. The Morgan fingerprint density at radius 2 is 1.44 bits per heavy atom. The van der Waals surface area contributed by atoms with Crippen molar-refractivity contribution in [3.05, 3.63) is 84.4 Å². The number of nitrogens with zero attached hydrogens (tertiary/aromatic N) is 2. The van der Waals surface area contributed by atoms with Gasteiger partial charge >= 0.3 is 6.03 Å². The zero-order valence-corrected chi connectivity index (χ0v) is 18.0. The van der Waals surface area contributed by atoms with Gasteiger partial charge < -0.3 is 25.2 Å². The van der Waals surface area contributed by atoms with Crippen molar-refractivity contribution in [2.45, 2.75) is 0 Å². The van der Waals surface area contributed by atoms with Crippen LogP contribution in [0.15, 0.2) is 78.9 Å². The summed E-state index contributed by atoms with van der Waals surface area (Å²) in [6.45, 7) is 2.82. The largest absolute Gasteiger partial charge is 0.497 e. The third-order valence-electron chi connectivity index (χ3n) is 5.41. The summed E-state index contributed by atoms with van der Waals surface area (Å²) in [5.74, 6) is 0.822. The van der Waals surface area contributed by atoms with Gasteiger partial charge in [-0.1, -0.05) is 24.3 Å². The molecule has 164 valence electrons. The van der Waals surface area contributed by atoms with Crippen LogP contribution in [0.1, 0.15) is 10.4 Å². The van der Waals surface area contributed by atoms with Gasteiger partial charge in [0, 0.05) is 54.9 Å². The molecule has 0 unspecified atom stereocenters. The number of piperazine rings is 1. The molecule has 7 heteroatoms. The van der Waals surface area contributed by atoms with Crippen molar-refractivity contribution in [3.63, 3.8) is 0 Å². The minimum absolute atomic E-state index is 0.00409. The summed E-state index contributed by atoms with van der Waals surface area (Å²) >= 11 is 0. The fourth-order valence-electron chi connectivity index (χ4n) is 3.67. The Morgan fingerprint density at radius 1 is 0.781 bits per heavy atom. The first-order valence-electron chi connectivity index (χ1n) is 10.5. The fourth-order valence-corrected chi connectivity index (χ4v) is 3.67. The number of para-hydroxylation sites is 1. The Labute approximate surface area is 187 Å². The molecule has 2 N–H and O–H groups in total. The summed E-state index contributed by atoms with van der Waals surface area (Å²) in [6.07, 6.45) is 0. The molecule has 3 amide bonds. The molecule has 0 radical (unpaired) electrons. The van der Waals surface area contributed by atoms with Crippen molar-refractivity contribution < 1.29 is 14.3 Å². The number of nitrogens with one attached hydrogen (secondary N) is 2. The second kappa shape index (κ2) is 9.87. The Morgan fingerprint density at radius 3 is 2.09 bits per heavy atom. The van der Waals surface area contributed by atoms with E-state index >= 15 is 0 Å². The molecule has 0 aliphatic carbocycles. The van der Waals surface area contributed by atoms with Gasteiger partial charge in [-0.25, -0.2) is 4.79 Å². The highest BCUT2D eigenvalue weighted by Crippen LogP contribution is 2.22. The van der Waals surface area contributed by atoms with Crippen LogP contribution in [0.2, 0.25) is 0 Å². The SMILES string of the molecule is COc1cccc(N2CCN(C(=O)c3ccc(NC(=O)Nc4ccccc4)cc3)CC2)c1. The summed E-state index contributed by atoms with van der Waals surface area (Å²) in [7, 11) is 1.66. The van der Waals surface area contributed by atoms with Crippen LogP contribution in [0.5, 0.6) is 5.75 Å². The Balaban J connectivity index is 1.30. The fraction of sp³-hybridized carbons (Fsp3) is 0.200. The number of anilines is 3. The molecular formula is C25H26N4O3. The van der Waals surface area contributed by atoms with Gasteiger partial charge in [-0.2, -0.15) is 0 Å². The van der Waals surface area contributed by atoms with Gasteiger partial charge in [0.25, 0.3) is 5.91 Å². The van der Waals surface area contributed by atoms with Crippen molar-refractivity contribution >= 4 is 29.0 Å². The van der Waals surface area contributed by atoms with Crippen LogP contribution < -0.4 is 20.3 Å². The van der Waals surface area contributed by atoms with E-state index in [1.807, 2.05) is 53.4 Å². The predicted molar refractivity (Wildman–Crippen MR) is 127 cm³/mol. The van der Waals surface area contributed by atoms with Crippen molar-refractivity contribution in [1.82, 2.24) is 4.90 Å². The maximum Gasteiger partial charge on any atom is 0.323 e. The number of hydrogen-bond acceptors (Lipinski definition) is 4. The Kier molecular flexibility index (Phi) is 6.55. The maximum absolute atomic E-state index is 12.9. The van der Waals surface area contributed by atoms with Gasteiger partial charge in [0.05, 0.1) is 7.11 Å². The van der Waals surface area contributed by atoms with Crippen LogP contribution in [-0.2, 0) is 0 Å². The lowest BCUT2D eigenvalue weighted by Gasteiger charge is -2.36. The highest BCUT2D eigenvalue weighted by molar-refractivity contribution is 6.00. The Hall–Kier alpha value is -4.00. The first-order chi connectivity index (χ1) is 15.6. The highest BCUT2D eigenvalue weighted by Gasteiger charge is 2.22. The summed E-state index contributed by atoms with van der Waals surface area (Å²) in [5.41, 5.74) is 3.04. The van der Waals surface area contributed by atoms with E-state index < -0.39 is 0 Å². The van der Waals surface area contributed by atoms with Crippen molar-refractivity contribution in [2.24, 2.45) is 0 Å². The maximum atomic E-state index is 12.9. The molecule has 0 bridgehead atoms. The third-order valence-corrected chi connectivity index (χ3v) is 5.41. The van der Waals surface area contributed by atoms with E-state index in [-0.39, 0.29) is 11.9 Å². The van der Waals surface area contributed by atoms with E-state index in [1.54, 1.807) is 31.4 Å². The second-order valence-electron chi connectivity index (χ2n) is 7.50. The molecule has 7 nitrogen and oxygen atoms in total. The average molecular weight is 431 g/mol. The standard InChI is InChI=1S/C25H26N4O3/c1-32-23-9-5-8-22(18-23)28-14-16-29(17-15-28)24(30)19-10-12-21(13-11-19)27-25(31)26-20-6-3-2-4-7-20/h2-13,18H,14-17H2,1H3,(H2,26,27,31). The van der Waals surface area contributed by atoms with E-state index in [9.17, 15) is 9.59 Å². The van der Waals surface area contributed by atoms with Gasteiger partial charge in [0.15, 0.2) is 0 Å². The number of carbonyl (C=O) groups excluding carboxylic acids is 2. The number of hydrogen-bond donors (Lipinski definition) is 2. The number of ether oxygens (including phenoxy) is 1. The van der Waals surface area contributed by atoms with Gasteiger partial charge in [-0.15, -0.1) is 0 Å². The number of urea groups is 1. The van der Waals surface area contributed by atoms with Crippen LogP contribution in [0.4, 0.5) is 21.9 Å². The van der Waals surface area contributed by atoms with Crippen LogP contribution in [0.3, 0.4) is 0 Å². The minimum Gasteiger partial charge on any atom is -0.497 e. The molecule has 3 aromatic carbocycles. The Bertz CT molecular complexity index is 1060. The zero-order chi connectivity index (χ0) is 22.3. The van der Waals surface area contributed by atoms with E-state index in [1.165, 1.54) is 0 Å². The van der Waals surface area contributed by atoms with Crippen LogP contribution in [-0.4, -0.2) is 50.1 Å². The lowest BCUT2D eigenvalue weighted by Crippen LogP contribution is -2.48. The molecule has 3 aromatic rings. The normalized spacial score (nSPS) is 13.4. The molecule has 0 saturated carbocycles. The van der Waals surface area contributed by atoms with Crippen LogP contribution >= 0.6 is 0 Å². The van der Waals surface area contributed by atoms with Gasteiger partial charge in [0.1, 0.15) is 5.75 Å². The molecule has 32 heavy (non-hydrogen) atoms. The van der Waals surface area contributed by atoms with Gasteiger partial charge in [-0.05, 0) is 48.5 Å². The summed E-state index contributed by atoms with van der Waals surface area (Å²) < 4.78 is 5.30. The average Bonchev–Trinajstić information content (AvgIpc) is 2.85. The summed E-state index contributed by atoms with van der Waals surface area (Å²) in [5, 5.41) is 5.54. The molecule has 0 spiro atoms. The van der Waals surface area contributed by atoms with Crippen LogP contribution in [0, 0.1) is 0 Å². The molecule has 1 aliphatic rings. The molecule has 0 atom stereocenters. The topological polar surface area (TPSA) is 73.9 Å². The van der Waals surface area contributed by atoms with Crippen molar-refractivity contribution in [3.8, 4) is 5.75 Å². The van der Waals surface area contributed by atoms with Crippen LogP contribution in [0.25, 0.3) is 0 Å². The number of methoxy groups -OCH3 is 1. The first kappa shape index (κ1) is 21.2. The molecule has 0 aromatic heterocycles. The lowest BCUT2D eigenvalue weighted by molar-refractivity contribution is 0.0747. The first-order valence-corrected chi connectivity index (χ1v) is 10.5. The molecule has 1 heterocycles. The number of benzene rings is 3. The highest BCUT2D eigenvalue weighted by atomic mass is 16.5. The van der Waals surface area contributed by atoms with E-state index in [0.717, 1.165) is 24.5 Å². The van der Waals surface area contributed by atoms with E-state index in [0.29, 0.717) is 30.0 Å². The lowest BCUT2D eigenvalue weighted by atomic mass is 10.1. The summed E-state index contributed by atoms with van der Waals surface area (Å²) in [6, 6.07) is 23.8. The number of rotatable bonds is 5. The van der Waals surface area contributed by atoms with Gasteiger partial charge in [0.2, 0.25) is 0 Å². The molecule has 4 rings (SSSR count). The second-order valence-corrected chi connectivity index (χ2v) is 7.50. The minimum atomic E-state index is -0.330. The molecule has 1 aliphatic heterocycles. The van der Waals surface area contributed by atoms with Crippen molar-refractivity contribution in [1.29, 1.82) is 0 Å². The molecule has 1 saturated heterocycles. The van der Waals surface area contributed by atoms with Gasteiger partial charge in [-0.3, -0.25) is 4.79 Å². The smallest absolute Gasteiger partial charge is 0.323 e. The predicted octanol–water partition coefficient (Wildman–Crippen LogP) is 4.30. The molecular weight excluding hydrogens is 404 g/mol. The van der Waals surface area contributed by atoms with Crippen molar-refractivity contribution in [2.75, 3.05) is 48.8 Å². The number of carbonyl (C=O) groups is 2.